The van der Waals surface area contributed by atoms with Crippen molar-refractivity contribution < 1.29 is 9.53 Å². The minimum atomic E-state index is -0.423. The summed E-state index contributed by atoms with van der Waals surface area (Å²) in [4.78, 5) is 17.1. The minimum Gasteiger partial charge on any atom is -0.497 e. The number of hydrogen-bond acceptors (Lipinski definition) is 4. The molecule has 0 saturated heterocycles. The van der Waals surface area contributed by atoms with Gasteiger partial charge in [0.15, 0.2) is 0 Å². The predicted octanol–water partition coefficient (Wildman–Crippen LogP) is 4.50. The molecular weight excluding hydrogens is 372 g/mol. The lowest BCUT2D eigenvalue weighted by molar-refractivity contribution is 0.251. The number of carbonyl (C=O) groups excluding carboxylic acids is 1. The van der Waals surface area contributed by atoms with E-state index in [2.05, 4.69) is 26.2 Å². The summed E-state index contributed by atoms with van der Waals surface area (Å²) in [6.45, 7) is 0.421. The second-order valence-corrected chi connectivity index (χ2v) is 7.38. The zero-order chi connectivity index (χ0) is 19.8. The third-order valence-electron chi connectivity index (χ3n) is 3.89. The number of hydrogen-bond donors (Lipinski definition) is 3. The van der Waals surface area contributed by atoms with E-state index in [-0.39, 0.29) is 6.03 Å². The quantitative estimate of drug-likeness (QED) is 0.516. The molecule has 2 aromatic carbocycles. The zero-order valence-electron chi connectivity index (χ0n) is 15.5. The van der Waals surface area contributed by atoms with Gasteiger partial charge in [0.1, 0.15) is 5.75 Å². The molecular formula is C21H22N4O2S. The lowest BCUT2D eigenvalue weighted by atomic mass is 10.3. The molecule has 1 atom stereocenters. The average molecular weight is 395 g/mol. The van der Waals surface area contributed by atoms with E-state index in [1.807, 2.05) is 60.7 Å². The Morgan fingerprint density at radius 1 is 1.11 bits per heavy atom. The number of ether oxygens (including phenoxy) is 1. The SMILES string of the molecule is C=S(Nc1ccc(NC(=O)NCc2cccnc2)cc1)c1cccc(OC)c1. The molecule has 0 bridgehead atoms. The van der Waals surface area contributed by atoms with E-state index in [0.717, 1.165) is 21.9 Å². The van der Waals surface area contributed by atoms with Gasteiger partial charge >= 0.3 is 6.03 Å². The fraction of sp³-hybridized carbons (Fsp3) is 0.0952. The molecule has 28 heavy (non-hydrogen) atoms. The van der Waals surface area contributed by atoms with Gasteiger partial charge in [-0.15, -0.1) is 0 Å². The van der Waals surface area contributed by atoms with Crippen LogP contribution < -0.4 is 20.1 Å². The summed E-state index contributed by atoms with van der Waals surface area (Å²) in [5.41, 5.74) is 2.57. The van der Waals surface area contributed by atoms with E-state index in [9.17, 15) is 4.79 Å². The molecule has 1 unspecified atom stereocenters. The van der Waals surface area contributed by atoms with Gasteiger partial charge in [-0.3, -0.25) is 4.98 Å². The molecule has 0 aliphatic rings. The number of aromatic nitrogens is 1. The molecule has 3 N–H and O–H groups in total. The third kappa shape index (κ3) is 5.59. The van der Waals surface area contributed by atoms with Crippen LogP contribution in [0.5, 0.6) is 5.75 Å². The Morgan fingerprint density at radius 2 is 1.89 bits per heavy atom. The molecule has 3 aromatic rings. The second kappa shape index (κ2) is 9.57. The first kappa shape index (κ1) is 19.4. The largest absolute Gasteiger partial charge is 0.497 e. The molecule has 1 heterocycles. The summed E-state index contributed by atoms with van der Waals surface area (Å²) in [7, 11) is 1.22. The van der Waals surface area contributed by atoms with Crippen LogP contribution in [0.15, 0.2) is 78.0 Å². The molecule has 0 radical (unpaired) electrons. The number of nitrogens with zero attached hydrogens (tertiary/aromatic N) is 1. The number of anilines is 2. The Hall–Kier alpha value is -3.32. The normalized spacial score (nSPS) is 11.3. The third-order valence-corrected chi connectivity index (χ3v) is 5.19. The summed E-state index contributed by atoms with van der Waals surface area (Å²) in [6, 6.07) is 18.8. The van der Waals surface area contributed by atoms with Gasteiger partial charge in [-0.1, -0.05) is 28.7 Å². The van der Waals surface area contributed by atoms with Crippen LogP contribution in [0.3, 0.4) is 0 Å². The van der Waals surface area contributed by atoms with Crippen LogP contribution in [0.4, 0.5) is 16.2 Å². The van der Waals surface area contributed by atoms with Gasteiger partial charge < -0.3 is 20.1 Å². The Bertz CT molecular complexity index is 946. The first-order valence-corrected chi connectivity index (χ1v) is 10.0. The maximum absolute atomic E-state index is 12.0. The number of rotatable bonds is 7. The molecule has 7 heteroatoms. The van der Waals surface area contributed by atoms with E-state index >= 15 is 0 Å². The Morgan fingerprint density at radius 3 is 2.61 bits per heavy atom. The first-order valence-electron chi connectivity index (χ1n) is 8.62. The van der Waals surface area contributed by atoms with Crippen LogP contribution >= 0.6 is 10.7 Å². The molecule has 0 spiro atoms. The van der Waals surface area contributed by atoms with Gasteiger partial charge in [0.2, 0.25) is 0 Å². The van der Waals surface area contributed by atoms with Crippen molar-refractivity contribution >= 4 is 33.9 Å². The summed E-state index contributed by atoms with van der Waals surface area (Å²) in [5.74, 6) is 4.98. The summed E-state index contributed by atoms with van der Waals surface area (Å²) in [6.07, 6.45) is 3.42. The van der Waals surface area contributed by atoms with Crippen molar-refractivity contribution in [3.63, 3.8) is 0 Å². The fourth-order valence-corrected chi connectivity index (χ4v) is 3.48. The van der Waals surface area contributed by atoms with Gasteiger partial charge in [0, 0.05) is 35.2 Å². The highest BCUT2D eigenvalue weighted by Gasteiger charge is 2.04. The molecule has 0 saturated carbocycles. The zero-order valence-corrected chi connectivity index (χ0v) is 16.3. The van der Waals surface area contributed by atoms with Crippen LogP contribution in [-0.2, 0) is 6.54 Å². The highest BCUT2D eigenvalue weighted by atomic mass is 32.2. The van der Waals surface area contributed by atoms with E-state index in [1.54, 1.807) is 19.5 Å². The van der Waals surface area contributed by atoms with E-state index in [1.165, 1.54) is 0 Å². The number of urea groups is 1. The van der Waals surface area contributed by atoms with Gasteiger partial charge in [-0.05, 0) is 54.1 Å². The smallest absolute Gasteiger partial charge is 0.319 e. The predicted molar refractivity (Wildman–Crippen MR) is 116 cm³/mol. The topological polar surface area (TPSA) is 75.3 Å². The number of carbonyl (C=O) groups is 1. The van der Waals surface area contributed by atoms with Gasteiger partial charge in [0.25, 0.3) is 0 Å². The fourth-order valence-electron chi connectivity index (χ4n) is 2.44. The van der Waals surface area contributed by atoms with Crippen molar-refractivity contribution in [1.82, 2.24) is 10.3 Å². The lowest BCUT2D eigenvalue weighted by Crippen LogP contribution is -2.28. The number of amides is 2. The van der Waals surface area contributed by atoms with Crippen molar-refractivity contribution in [2.24, 2.45) is 0 Å². The lowest BCUT2D eigenvalue weighted by Gasteiger charge is -2.13. The van der Waals surface area contributed by atoms with Gasteiger partial charge in [-0.2, -0.15) is 0 Å². The van der Waals surface area contributed by atoms with Crippen molar-refractivity contribution in [3.8, 4) is 5.75 Å². The minimum absolute atomic E-state index is 0.266. The van der Waals surface area contributed by atoms with E-state index in [0.29, 0.717) is 12.2 Å². The van der Waals surface area contributed by atoms with Crippen LogP contribution in [0.2, 0.25) is 0 Å². The number of nitrogens with one attached hydrogen (secondary N) is 3. The number of methoxy groups -OCH3 is 1. The highest BCUT2D eigenvalue weighted by Crippen LogP contribution is 2.29. The van der Waals surface area contributed by atoms with Gasteiger partial charge in [0.05, 0.1) is 7.11 Å². The van der Waals surface area contributed by atoms with Crippen molar-refractivity contribution in [2.75, 3.05) is 17.1 Å². The summed E-state index contributed by atoms with van der Waals surface area (Å²) in [5, 5.41) is 5.61. The number of pyridine rings is 1. The van der Waals surface area contributed by atoms with E-state index in [4.69, 9.17) is 4.74 Å². The maximum Gasteiger partial charge on any atom is 0.319 e. The first-order chi connectivity index (χ1) is 13.6. The molecule has 3 rings (SSSR count). The second-order valence-electron chi connectivity index (χ2n) is 5.92. The van der Waals surface area contributed by atoms with Crippen molar-refractivity contribution in [2.45, 2.75) is 11.4 Å². The van der Waals surface area contributed by atoms with Crippen LogP contribution in [0, 0.1) is 0 Å². The molecule has 0 fully saturated rings. The highest BCUT2D eigenvalue weighted by molar-refractivity contribution is 8.15. The van der Waals surface area contributed by atoms with Crippen LogP contribution in [-0.4, -0.2) is 24.0 Å². The molecule has 1 aromatic heterocycles. The van der Waals surface area contributed by atoms with Crippen LogP contribution in [0.1, 0.15) is 5.56 Å². The Kier molecular flexibility index (Phi) is 6.64. The van der Waals surface area contributed by atoms with Crippen molar-refractivity contribution in [1.29, 1.82) is 0 Å². The Labute approximate surface area is 167 Å². The molecule has 144 valence electrons. The average Bonchev–Trinajstić information content (AvgIpc) is 2.74. The standard InChI is InChI=1S/C21H22N4O2S/c1-27-19-6-3-7-20(13-19)28(2)25-18-10-8-17(9-11-18)24-21(26)23-15-16-5-4-12-22-14-16/h3-14,25H,2,15H2,1H3,(H2,23,24,26). The Balaban J connectivity index is 1.52. The molecule has 2 amide bonds. The molecule has 0 aliphatic heterocycles. The van der Waals surface area contributed by atoms with Crippen molar-refractivity contribution in [3.05, 3.63) is 78.6 Å². The maximum atomic E-state index is 12.0. The van der Waals surface area contributed by atoms with Crippen LogP contribution in [0.25, 0.3) is 0 Å². The summed E-state index contributed by atoms with van der Waals surface area (Å²) < 4.78 is 8.62. The van der Waals surface area contributed by atoms with E-state index < -0.39 is 10.7 Å². The number of benzene rings is 2. The monoisotopic (exact) mass is 394 g/mol. The summed E-state index contributed by atoms with van der Waals surface area (Å²) >= 11 is 0. The van der Waals surface area contributed by atoms with Gasteiger partial charge in [-0.25, -0.2) is 4.79 Å². The molecule has 0 aliphatic carbocycles. The molecule has 6 nitrogen and oxygen atoms in total.